The van der Waals surface area contributed by atoms with Gasteiger partial charge in [0.2, 0.25) is 0 Å². The summed E-state index contributed by atoms with van der Waals surface area (Å²) in [5.74, 6) is 1.51. The Morgan fingerprint density at radius 1 is 1.19 bits per heavy atom. The van der Waals surface area contributed by atoms with Gasteiger partial charge in [-0.05, 0) is 43.7 Å². The second-order valence-corrected chi connectivity index (χ2v) is 6.55. The number of fused-ring (bicyclic) bond motifs is 1. The number of nitrogens with zero attached hydrogens (tertiary/aromatic N) is 2. The first-order valence-corrected chi connectivity index (χ1v) is 8.25. The van der Waals surface area contributed by atoms with Gasteiger partial charge in [0.05, 0.1) is 11.0 Å². The van der Waals surface area contributed by atoms with Crippen molar-refractivity contribution in [1.82, 2.24) is 9.55 Å². The SMILES string of the molecule is CC(C)n1c(-c2cccc(CCl)c2)nc2cc(Br)ccc21. The number of rotatable bonds is 3. The van der Waals surface area contributed by atoms with E-state index in [9.17, 15) is 0 Å². The third kappa shape index (κ3) is 2.72. The number of halogens is 2. The summed E-state index contributed by atoms with van der Waals surface area (Å²) in [7, 11) is 0. The fourth-order valence-electron chi connectivity index (χ4n) is 2.59. The van der Waals surface area contributed by atoms with E-state index in [-0.39, 0.29) is 0 Å². The minimum absolute atomic E-state index is 0.339. The molecule has 0 fully saturated rings. The lowest BCUT2D eigenvalue weighted by Gasteiger charge is -2.13. The van der Waals surface area contributed by atoms with E-state index in [1.54, 1.807) is 0 Å². The summed E-state index contributed by atoms with van der Waals surface area (Å²) in [5, 5.41) is 0. The predicted molar refractivity (Wildman–Crippen MR) is 92.8 cm³/mol. The maximum atomic E-state index is 5.95. The van der Waals surface area contributed by atoms with Crippen LogP contribution in [0, 0.1) is 0 Å². The zero-order chi connectivity index (χ0) is 15.0. The minimum atomic E-state index is 0.339. The first-order valence-electron chi connectivity index (χ1n) is 6.93. The molecule has 0 N–H and O–H groups in total. The maximum Gasteiger partial charge on any atom is 0.141 e. The summed E-state index contributed by atoms with van der Waals surface area (Å²) in [6.45, 7) is 4.36. The average molecular weight is 364 g/mol. The largest absolute Gasteiger partial charge is 0.321 e. The van der Waals surface area contributed by atoms with E-state index in [4.69, 9.17) is 16.6 Å². The predicted octanol–water partition coefficient (Wildman–Crippen LogP) is 5.79. The monoisotopic (exact) mass is 362 g/mol. The van der Waals surface area contributed by atoms with Crippen molar-refractivity contribution in [2.75, 3.05) is 0 Å². The van der Waals surface area contributed by atoms with Crippen molar-refractivity contribution in [2.24, 2.45) is 0 Å². The molecule has 21 heavy (non-hydrogen) atoms. The fraction of sp³-hybridized carbons (Fsp3) is 0.235. The molecule has 0 unspecified atom stereocenters. The quantitative estimate of drug-likeness (QED) is 0.539. The number of hydrogen-bond acceptors (Lipinski definition) is 1. The maximum absolute atomic E-state index is 5.95. The summed E-state index contributed by atoms with van der Waals surface area (Å²) < 4.78 is 3.32. The van der Waals surface area contributed by atoms with Gasteiger partial charge in [-0.2, -0.15) is 0 Å². The molecule has 0 aliphatic rings. The second-order valence-electron chi connectivity index (χ2n) is 5.37. The second kappa shape index (κ2) is 5.82. The molecule has 4 heteroatoms. The molecule has 2 nitrogen and oxygen atoms in total. The highest BCUT2D eigenvalue weighted by molar-refractivity contribution is 9.10. The van der Waals surface area contributed by atoms with Crippen molar-refractivity contribution in [2.45, 2.75) is 25.8 Å². The topological polar surface area (TPSA) is 17.8 Å². The molecule has 2 aromatic carbocycles. The summed E-state index contributed by atoms with van der Waals surface area (Å²) in [6, 6.07) is 14.8. The number of benzene rings is 2. The molecular weight excluding hydrogens is 348 g/mol. The highest BCUT2D eigenvalue weighted by atomic mass is 79.9. The van der Waals surface area contributed by atoms with E-state index in [0.29, 0.717) is 11.9 Å². The Kier molecular flexibility index (Phi) is 4.05. The zero-order valence-corrected chi connectivity index (χ0v) is 14.3. The van der Waals surface area contributed by atoms with E-state index >= 15 is 0 Å². The average Bonchev–Trinajstić information content (AvgIpc) is 2.85. The summed E-state index contributed by atoms with van der Waals surface area (Å²) >= 11 is 9.47. The molecule has 0 saturated carbocycles. The molecule has 0 radical (unpaired) electrons. The third-order valence-corrected chi connectivity index (χ3v) is 4.31. The fourth-order valence-corrected chi connectivity index (χ4v) is 3.11. The standard InChI is InChI=1S/C17H16BrClN2/c1-11(2)21-16-7-6-14(18)9-15(16)20-17(21)13-5-3-4-12(8-13)10-19/h3-9,11H,10H2,1-2H3. The van der Waals surface area contributed by atoms with Crippen LogP contribution in [-0.4, -0.2) is 9.55 Å². The summed E-state index contributed by atoms with van der Waals surface area (Å²) in [4.78, 5) is 4.83. The van der Waals surface area contributed by atoms with E-state index in [2.05, 4.69) is 64.7 Å². The Morgan fingerprint density at radius 2 is 2.00 bits per heavy atom. The van der Waals surface area contributed by atoms with Gasteiger partial charge in [-0.3, -0.25) is 0 Å². The van der Waals surface area contributed by atoms with Gasteiger partial charge in [-0.1, -0.05) is 34.1 Å². The van der Waals surface area contributed by atoms with Crippen LogP contribution >= 0.6 is 27.5 Å². The van der Waals surface area contributed by atoms with Crippen molar-refractivity contribution in [1.29, 1.82) is 0 Å². The molecule has 0 atom stereocenters. The first kappa shape index (κ1) is 14.6. The lowest BCUT2D eigenvalue weighted by Crippen LogP contribution is -2.03. The van der Waals surface area contributed by atoms with Gasteiger partial charge in [0, 0.05) is 22.0 Å². The van der Waals surface area contributed by atoms with Crippen molar-refractivity contribution in [3.8, 4) is 11.4 Å². The molecule has 0 aliphatic carbocycles. The molecular formula is C17H16BrClN2. The number of alkyl halides is 1. The third-order valence-electron chi connectivity index (χ3n) is 3.51. The smallest absolute Gasteiger partial charge is 0.141 e. The molecule has 1 heterocycles. The molecule has 1 aromatic heterocycles. The van der Waals surface area contributed by atoms with Gasteiger partial charge >= 0.3 is 0 Å². The summed E-state index contributed by atoms with van der Waals surface area (Å²) in [5.41, 5.74) is 4.37. The van der Waals surface area contributed by atoms with Crippen molar-refractivity contribution in [3.05, 3.63) is 52.5 Å². The Bertz CT molecular complexity index is 793. The van der Waals surface area contributed by atoms with Crippen LogP contribution in [0.3, 0.4) is 0 Å². The lowest BCUT2D eigenvalue weighted by atomic mass is 10.1. The molecule has 0 bridgehead atoms. The van der Waals surface area contributed by atoms with E-state index < -0.39 is 0 Å². The van der Waals surface area contributed by atoms with Crippen LogP contribution in [-0.2, 0) is 5.88 Å². The molecule has 0 saturated heterocycles. The van der Waals surface area contributed by atoms with Crippen LogP contribution in [0.4, 0.5) is 0 Å². The van der Waals surface area contributed by atoms with Gasteiger partial charge in [0.15, 0.2) is 0 Å². The number of hydrogen-bond donors (Lipinski definition) is 0. The van der Waals surface area contributed by atoms with Crippen LogP contribution in [0.5, 0.6) is 0 Å². The molecule has 108 valence electrons. The first-order chi connectivity index (χ1) is 10.1. The lowest BCUT2D eigenvalue weighted by molar-refractivity contribution is 0.624. The Morgan fingerprint density at radius 3 is 2.71 bits per heavy atom. The normalized spacial score (nSPS) is 11.5. The van der Waals surface area contributed by atoms with E-state index in [0.717, 1.165) is 32.5 Å². The Labute approximate surface area is 137 Å². The van der Waals surface area contributed by atoms with Crippen LogP contribution in [0.1, 0.15) is 25.5 Å². The van der Waals surface area contributed by atoms with Crippen LogP contribution in [0.2, 0.25) is 0 Å². The van der Waals surface area contributed by atoms with Crippen LogP contribution in [0.15, 0.2) is 46.9 Å². The molecule has 3 aromatic rings. The molecule has 0 spiro atoms. The van der Waals surface area contributed by atoms with E-state index in [1.807, 2.05) is 12.1 Å². The zero-order valence-electron chi connectivity index (χ0n) is 12.0. The van der Waals surface area contributed by atoms with Crippen LogP contribution < -0.4 is 0 Å². The highest BCUT2D eigenvalue weighted by Crippen LogP contribution is 2.30. The Hall–Kier alpha value is -1.32. The minimum Gasteiger partial charge on any atom is -0.321 e. The van der Waals surface area contributed by atoms with Gasteiger partial charge in [-0.25, -0.2) is 4.98 Å². The van der Waals surface area contributed by atoms with Crippen molar-refractivity contribution < 1.29 is 0 Å². The molecule has 0 amide bonds. The highest BCUT2D eigenvalue weighted by Gasteiger charge is 2.15. The van der Waals surface area contributed by atoms with E-state index in [1.165, 1.54) is 0 Å². The molecule has 0 aliphatic heterocycles. The Balaban J connectivity index is 2.27. The molecule has 3 rings (SSSR count). The number of aromatic nitrogens is 2. The summed E-state index contributed by atoms with van der Waals surface area (Å²) in [6.07, 6.45) is 0. The van der Waals surface area contributed by atoms with Gasteiger partial charge in [0.25, 0.3) is 0 Å². The number of imidazole rings is 1. The van der Waals surface area contributed by atoms with Gasteiger partial charge in [0.1, 0.15) is 5.82 Å². The van der Waals surface area contributed by atoms with Crippen molar-refractivity contribution >= 4 is 38.6 Å². The van der Waals surface area contributed by atoms with Crippen molar-refractivity contribution in [3.63, 3.8) is 0 Å². The van der Waals surface area contributed by atoms with Gasteiger partial charge in [-0.15, -0.1) is 11.6 Å². The van der Waals surface area contributed by atoms with Gasteiger partial charge < -0.3 is 4.57 Å². The van der Waals surface area contributed by atoms with Crippen LogP contribution in [0.25, 0.3) is 22.4 Å².